The molecule has 0 unspecified atom stereocenters. The van der Waals surface area contributed by atoms with Gasteiger partial charge in [0, 0.05) is 12.6 Å². The van der Waals surface area contributed by atoms with E-state index in [2.05, 4.69) is 15.4 Å². The average Bonchev–Trinajstić information content (AvgIpc) is 3.47. The predicted octanol–water partition coefficient (Wildman–Crippen LogP) is 3.32. The number of nitriles is 1. The van der Waals surface area contributed by atoms with Gasteiger partial charge >= 0.3 is 0 Å². The van der Waals surface area contributed by atoms with E-state index < -0.39 is 5.82 Å². The minimum atomic E-state index is -0.568. The number of pyridine rings is 1. The summed E-state index contributed by atoms with van der Waals surface area (Å²) in [7, 11) is 0. The molecule has 3 heterocycles. The number of halogens is 1. The first kappa shape index (κ1) is 18.9. The minimum Gasteiger partial charge on any atom is -0.346 e. The van der Waals surface area contributed by atoms with Gasteiger partial charge in [-0.25, -0.2) is 14.1 Å². The third kappa shape index (κ3) is 2.94. The second-order valence-corrected chi connectivity index (χ2v) is 7.48. The number of fused-ring (bicyclic) bond motifs is 1. The van der Waals surface area contributed by atoms with Crippen molar-refractivity contribution in [1.29, 1.82) is 5.26 Å². The van der Waals surface area contributed by atoms with Crippen molar-refractivity contribution in [1.82, 2.24) is 20.1 Å². The molecule has 152 valence electrons. The summed E-state index contributed by atoms with van der Waals surface area (Å²) in [6.45, 7) is 2.00. The van der Waals surface area contributed by atoms with Crippen molar-refractivity contribution in [3.63, 3.8) is 0 Å². The van der Waals surface area contributed by atoms with E-state index in [1.807, 2.05) is 6.07 Å². The fraction of sp³-hybridized carbons (Fsp3) is 0.174. The van der Waals surface area contributed by atoms with Crippen LogP contribution in [0.4, 0.5) is 4.39 Å². The Bertz CT molecular complexity index is 1360. The summed E-state index contributed by atoms with van der Waals surface area (Å²) in [4.78, 5) is 28.9. The third-order valence-electron chi connectivity index (χ3n) is 5.73. The van der Waals surface area contributed by atoms with Gasteiger partial charge in [-0.05, 0) is 48.8 Å². The minimum absolute atomic E-state index is 0.0840. The van der Waals surface area contributed by atoms with Gasteiger partial charge in [0.15, 0.2) is 5.78 Å². The lowest BCUT2D eigenvalue weighted by atomic mass is 10.0. The molecular weight excluding hydrogens is 397 g/mol. The van der Waals surface area contributed by atoms with Crippen LogP contribution in [0, 0.1) is 17.1 Å². The smallest absolute Gasteiger partial charge is 0.255 e. The molecule has 0 atom stereocenters. The van der Waals surface area contributed by atoms with Gasteiger partial charge < -0.3 is 5.32 Å². The van der Waals surface area contributed by atoms with Crippen molar-refractivity contribution in [2.24, 2.45) is 0 Å². The number of benzene rings is 1. The zero-order chi connectivity index (χ0) is 21.7. The Balaban J connectivity index is 1.70. The molecule has 7 nitrogen and oxygen atoms in total. The maximum absolute atomic E-state index is 14.6. The van der Waals surface area contributed by atoms with Crippen LogP contribution in [0.1, 0.15) is 47.1 Å². The molecule has 2 aromatic heterocycles. The number of hydrogen-bond acceptors (Lipinski definition) is 5. The lowest BCUT2D eigenvalue weighted by Gasteiger charge is -2.11. The lowest BCUT2D eigenvalue weighted by molar-refractivity contribution is -0.114. The number of carbonyl (C=O) groups excluding carboxylic acids is 2. The van der Waals surface area contributed by atoms with Gasteiger partial charge in [-0.15, -0.1) is 0 Å². The Morgan fingerprint density at radius 1 is 1.16 bits per heavy atom. The molecule has 0 fully saturated rings. The molecule has 0 radical (unpaired) electrons. The van der Waals surface area contributed by atoms with Gasteiger partial charge in [0.05, 0.1) is 52.1 Å². The van der Waals surface area contributed by atoms with E-state index in [1.54, 1.807) is 29.9 Å². The van der Waals surface area contributed by atoms with Gasteiger partial charge in [-0.1, -0.05) is 6.07 Å². The molecule has 0 saturated carbocycles. The molecule has 0 saturated heterocycles. The number of amides is 1. The molecule has 0 bridgehead atoms. The molecule has 1 N–H and O–H groups in total. The molecule has 3 aromatic rings. The molecule has 0 spiro atoms. The van der Waals surface area contributed by atoms with Gasteiger partial charge in [-0.2, -0.15) is 10.4 Å². The van der Waals surface area contributed by atoms with Crippen LogP contribution >= 0.6 is 0 Å². The molecule has 1 aromatic carbocycles. The summed E-state index contributed by atoms with van der Waals surface area (Å²) < 4.78 is 16.2. The van der Waals surface area contributed by atoms with E-state index >= 15 is 0 Å². The van der Waals surface area contributed by atoms with Gasteiger partial charge in [0.2, 0.25) is 0 Å². The number of hydrogen-bond donors (Lipinski definition) is 1. The summed E-state index contributed by atoms with van der Waals surface area (Å²) in [5, 5.41) is 16.8. The number of rotatable bonds is 3. The maximum Gasteiger partial charge on any atom is 0.255 e. The van der Waals surface area contributed by atoms with Crippen LogP contribution in [0.2, 0.25) is 0 Å². The summed E-state index contributed by atoms with van der Waals surface area (Å²) in [5.41, 5.74) is 4.02. The van der Waals surface area contributed by atoms with E-state index in [0.29, 0.717) is 41.1 Å². The Hall–Kier alpha value is -4.12. The van der Waals surface area contributed by atoms with Gasteiger partial charge in [0.1, 0.15) is 5.82 Å². The number of nitrogens with one attached hydrogen (secondary N) is 1. The van der Waals surface area contributed by atoms with Crippen LogP contribution in [0.3, 0.4) is 0 Å². The van der Waals surface area contributed by atoms with Crippen molar-refractivity contribution in [3.05, 3.63) is 70.4 Å². The largest absolute Gasteiger partial charge is 0.346 e. The van der Waals surface area contributed by atoms with Crippen molar-refractivity contribution >= 4 is 17.3 Å². The zero-order valence-corrected chi connectivity index (χ0v) is 16.6. The van der Waals surface area contributed by atoms with Gasteiger partial charge in [-0.3, -0.25) is 9.59 Å². The van der Waals surface area contributed by atoms with Gasteiger partial charge in [0.25, 0.3) is 5.91 Å². The normalized spacial score (nSPS) is 15.3. The summed E-state index contributed by atoms with van der Waals surface area (Å²) in [5.74, 6) is -0.748. The highest BCUT2D eigenvalue weighted by Gasteiger charge is 2.29. The van der Waals surface area contributed by atoms with Crippen LogP contribution in [0.5, 0.6) is 0 Å². The van der Waals surface area contributed by atoms with Crippen LogP contribution < -0.4 is 5.32 Å². The predicted molar refractivity (Wildman–Crippen MR) is 109 cm³/mol. The summed E-state index contributed by atoms with van der Waals surface area (Å²) in [6, 6.07) is 9.62. The zero-order valence-electron chi connectivity index (χ0n) is 16.6. The standard InChI is InChI=1S/C23H16FN5O2/c1-12-14(5-6-20(12)30)16-7-8-29(28-16)19-9-17(27-18-11-26-23(31)22(18)19)21-13(10-25)3-2-4-15(21)24/h2-4,7-9H,5-6,11H2,1H3,(H,26,31). The molecule has 31 heavy (non-hydrogen) atoms. The van der Waals surface area contributed by atoms with Crippen molar-refractivity contribution in [2.45, 2.75) is 26.3 Å². The van der Waals surface area contributed by atoms with E-state index in [0.717, 1.165) is 5.57 Å². The SMILES string of the molecule is CC1=C(c2ccn(-c3cc(-c4c(F)cccc4C#N)nc4c3C(=O)NC4)n2)CCC1=O. The fourth-order valence-electron chi connectivity index (χ4n) is 4.12. The number of aromatic nitrogens is 3. The van der Waals surface area contributed by atoms with E-state index in [-0.39, 0.29) is 35.1 Å². The Kier molecular flexibility index (Phi) is 4.26. The highest BCUT2D eigenvalue weighted by Crippen LogP contribution is 2.33. The summed E-state index contributed by atoms with van der Waals surface area (Å²) >= 11 is 0. The maximum atomic E-state index is 14.6. The highest BCUT2D eigenvalue weighted by atomic mass is 19.1. The van der Waals surface area contributed by atoms with Crippen molar-refractivity contribution in [3.8, 4) is 23.0 Å². The quantitative estimate of drug-likeness (QED) is 0.710. The van der Waals surface area contributed by atoms with E-state index in [9.17, 15) is 19.2 Å². The number of nitrogens with zero attached hydrogens (tertiary/aromatic N) is 4. The average molecular weight is 413 g/mol. The van der Waals surface area contributed by atoms with Crippen LogP contribution in [-0.4, -0.2) is 26.5 Å². The second kappa shape index (κ2) is 6.99. The van der Waals surface area contributed by atoms with Crippen LogP contribution in [0.25, 0.3) is 22.5 Å². The van der Waals surface area contributed by atoms with Crippen LogP contribution in [0.15, 0.2) is 42.1 Å². The Morgan fingerprint density at radius 3 is 2.74 bits per heavy atom. The molecule has 1 amide bonds. The number of Topliss-reactive ketones (excluding diaryl/α,β-unsaturated/α-hetero) is 1. The first-order chi connectivity index (χ1) is 15.0. The topological polar surface area (TPSA) is 101 Å². The first-order valence-corrected chi connectivity index (χ1v) is 9.78. The Morgan fingerprint density at radius 2 is 2.00 bits per heavy atom. The van der Waals surface area contributed by atoms with Crippen molar-refractivity contribution in [2.75, 3.05) is 0 Å². The van der Waals surface area contributed by atoms with Crippen molar-refractivity contribution < 1.29 is 14.0 Å². The number of ketones is 1. The molecular formula is C23H16FN5O2. The van der Waals surface area contributed by atoms with E-state index in [4.69, 9.17) is 0 Å². The van der Waals surface area contributed by atoms with E-state index in [1.165, 1.54) is 18.2 Å². The highest BCUT2D eigenvalue weighted by molar-refractivity contribution is 6.06. The molecule has 5 rings (SSSR count). The summed E-state index contributed by atoms with van der Waals surface area (Å²) in [6.07, 6.45) is 2.80. The molecule has 2 aliphatic rings. The van der Waals surface area contributed by atoms with Crippen LogP contribution in [-0.2, 0) is 11.3 Å². The molecule has 8 heteroatoms. The monoisotopic (exact) mass is 413 g/mol. The first-order valence-electron chi connectivity index (χ1n) is 9.78. The molecule has 1 aliphatic carbocycles. The third-order valence-corrected chi connectivity index (χ3v) is 5.73. The fourth-order valence-corrected chi connectivity index (χ4v) is 4.12. The Labute approximate surface area is 176 Å². The number of carbonyl (C=O) groups is 2. The molecule has 1 aliphatic heterocycles. The number of allylic oxidation sites excluding steroid dienone is 2. The second-order valence-electron chi connectivity index (χ2n) is 7.48. The lowest BCUT2D eigenvalue weighted by Crippen LogP contribution is -2.14.